The summed E-state index contributed by atoms with van der Waals surface area (Å²) in [4.78, 5) is 32.1. The van der Waals surface area contributed by atoms with Crippen LogP contribution in [-0.2, 0) is 9.59 Å². The maximum Gasteiger partial charge on any atom is 0.270 e. The molecule has 17 heavy (non-hydrogen) atoms. The molecule has 0 spiro atoms. The van der Waals surface area contributed by atoms with E-state index in [4.69, 9.17) is 0 Å². The number of nitro groups is 1. The number of non-ortho nitro benzene ring substituents is 1. The van der Waals surface area contributed by atoms with Gasteiger partial charge >= 0.3 is 0 Å². The first-order valence-corrected chi connectivity index (χ1v) is 5.82. The van der Waals surface area contributed by atoms with Gasteiger partial charge in [-0.3, -0.25) is 19.7 Å². The Hall–Kier alpha value is -1.95. The van der Waals surface area contributed by atoms with E-state index in [1.807, 2.05) is 0 Å². The first-order chi connectivity index (χ1) is 8.04. The van der Waals surface area contributed by atoms with Gasteiger partial charge in [0.25, 0.3) is 10.8 Å². The van der Waals surface area contributed by atoms with Crippen molar-refractivity contribution in [2.24, 2.45) is 0 Å². The van der Waals surface area contributed by atoms with Crippen LogP contribution in [-0.4, -0.2) is 22.1 Å². The van der Waals surface area contributed by atoms with Crippen LogP contribution < -0.4 is 0 Å². The molecule has 0 bridgehead atoms. The van der Waals surface area contributed by atoms with Crippen LogP contribution in [0.3, 0.4) is 0 Å². The zero-order chi connectivity index (χ0) is 12.8. The van der Waals surface area contributed by atoms with Gasteiger partial charge in [-0.25, -0.2) is 0 Å². The lowest BCUT2D eigenvalue weighted by Gasteiger charge is -1.94. The number of thioether (sulfide) groups is 1. The summed E-state index contributed by atoms with van der Waals surface area (Å²) in [6, 6.07) is 5.80. The van der Waals surface area contributed by atoms with E-state index in [9.17, 15) is 19.7 Å². The summed E-state index contributed by atoms with van der Waals surface area (Å²) in [6.45, 7) is 0. The lowest BCUT2D eigenvalue weighted by molar-refractivity contribution is -0.384. The highest BCUT2D eigenvalue weighted by molar-refractivity contribution is 8.14. The fourth-order valence-electron chi connectivity index (χ4n) is 1.08. The molecule has 1 aromatic carbocycles. The van der Waals surface area contributed by atoms with Gasteiger partial charge in [-0.15, -0.1) is 0 Å². The third kappa shape index (κ3) is 3.84. The Morgan fingerprint density at radius 1 is 1.41 bits per heavy atom. The van der Waals surface area contributed by atoms with Crippen molar-refractivity contribution in [1.29, 1.82) is 0 Å². The van der Waals surface area contributed by atoms with Crippen LogP contribution in [0.4, 0.5) is 5.69 Å². The topological polar surface area (TPSA) is 77.3 Å². The Kier molecular flexibility index (Phi) is 4.59. The highest BCUT2D eigenvalue weighted by Gasteiger charge is 2.08. The molecule has 0 amide bonds. The van der Waals surface area contributed by atoms with E-state index in [-0.39, 0.29) is 5.69 Å². The van der Waals surface area contributed by atoms with Crippen LogP contribution >= 0.6 is 11.8 Å². The molecule has 0 N–H and O–H groups in total. The second-order valence-corrected chi connectivity index (χ2v) is 3.82. The van der Waals surface area contributed by atoms with Crippen molar-refractivity contribution in [3.05, 3.63) is 46.0 Å². The first kappa shape index (κ1) is 13.1. The van der Waals surface area contributed by atoms with E-state index >= 15 is 0 Å². The quantitative estimate of drug-likeness (QED) is 0.354. The van der Waals surface area contributed by atoms with Gasteiger partial charge in [0.15, 0.2) is 0 Å². The van der Waals surface area contributed by atoms with E-state index in [1.165, 1.54) is 30.5 Å². The summed E-state index contributed by atoms with van der Waals surface area (Å²) in [7, 11) is 0. The van der Waals surface area contributed by atoms with Crippen molar-refractivity contribution < 1.29 is 14.5 Å². The number of carbonyl (C=O) groups is 2. The first-order valence-electron chi connectivity index (χ1n) is 4.59. The number of hydrogen-bond donors (Lipinski definition) is 0. The Morgan fingerprint density at radius 2 is 2.12 bits per heavy atom. The number of rotatable bonds is 4. The Labute approximate surface area is 102 Å². The van der Waals surface area contributed by atoms with Crippen molar-refractivity contribution in [2.45, 2.75) is 0 Å². The van der Waals surface area contributed by atoms with E-state index in [0.717, 1.165) is 17.8 Å². The third-order valence-electron chi connectivity index (χ3n) is 1.89. The van der Waals surface area contributed by atoms with Crippen LogP contribution in [0, 0.1) is 10.1 Å². The van der Waals surface area contributed by atoms with Gasteiger partial charge < -0.3 is 0 Å². The molecule has 5 nitrogen and oxygen atoms in total. The predicted octanol–water partition coefficient (Wildman–Crippen LogP) is 2.07. The molecule has 0 aliphatic heterocycles. The van der Waals surface area contributed by atoms with Gasteiger partial charge in [-0.2, -0.15) is 0 Å². The molecule has 0 atom stereocenters. The molecule has 0 aromatic heterocycles. The number of carbonyl (C=O) groups excluding carboxylic acids is 2. The van der Waals surface area contributed by atoms with Crippen molar-refractivity contribution in [3.63, 3.8) is 0 Å². The van der Waals surface area contributed by atoms with E-state index in [1.54, 1.807) is 6.07 Å². The smallest absolute Gasteiger partial charge is 0.270 e. The van der Waals surface area contributed by atoms with Gasteiger partial charge in [0.2, 0.25) is 5.78 Å². The number of allylic oxidation sites excluding steroid dienone is 1. The molecule has 1 rings (SSSR count). The van der Waals surface area contributed by atoms with Gasteiger partial charge in [-0.1, -0.05) is 30.0 Å². The second-order valence-electron chi connectivity index (χ2n) is 3.04. The van der Waals surface area contributed by atoms with Crippen LogP contribution in [0.25, 0.3) is 6.08 Å². The van der Waals surface area contributed by atoms with Gasteiger partial charge in [-0.05, 0) is 17.9 Å². The van der Waals surface area contributed by atoms with Crippen LogP contribution in [0.5, 0.6) is 0 Å². The van der Waals surface area contributed by atoms with Crippen molar-refractivity contribution >= 4 is 34.4 Å². The van der Waals surface area contributed by atoms with E-state index in [0.29, 0.717) is 5.56 Å². The zero-order valence-electron chi connectivity index (χ0n) is 8.95. The molecule has 0 saturated heterocycles. The molecule has 88 valence electrons. The molecular weight excluding hydrogens is 242 g/mol. The Balaban J connectivity index is 2.85. The standard InChI is InChI=1S/C11H9NO4S/c1-17-11(14)10(13)6-5-8-3-2-4-9(7-8)12(15)16/h2-7H,1H3/b6-5+. The zero-order valence-corrected chi connectivity index (χ0v) is 9.77. The Bertz CT molecular complexity index is 496. The molecule has 6 heteroatoms. The number of nitro benzene ring substituents is 1. The number of hydrogen-bond acceptors (Lipinski definition) is 5. The fraction of sp³-hybridized carbons (Fsp3) is 0.0909. The third-order valence-corrected chi connectivity index (χ3v) is 2.47. The fourth-order valence-corrected chi connectivity index (χ4v) is 1.35. The highest BCUT2D eigenvalue weighted by atomic mass is 32.2. The minimum absolute atomic E-state index is 0.0595. The second kappa shape index (κ2) is 5.95. The number of ketones is 1. The molecule has 1 aromatic rings. The molecule has 0 radical (unpaired) electrons. The Morgan fingerprint density at radius 3 is 2.71 bits per heavy atom. The van der Waals surface area contributed by atoms with E-state index < -0.39 is 15.8 Å². The van der Waals surface area contributed by atoms with Gasteiger partial charge in [0.05, 0.1) is 4.92 Å². The summed E-state index contributed by atoms with van der Waals surface area (Å²) in [5.74, 6) is -0.635. The monoisotopic (exact) mass is 251 g/mol. The van der Waals surface area contributed by atoms with E-state index in [2.05, 4.69) is 0 Å². The molecule has 0 fully saturated rings. The summed E-state index contributed by atoms with van der Waals surface area (Å²) in [5, 5.41) is 9.94. The molecular formula is C11H9NO4S. The minimum Gasteiger partial charge on any atom is -0.285 e. The minimum atomic E-state index is -0.635. The lowest BCUT2D eigenvalue weighted by atomic mass is 10.2. The summed E-state index contributed by atoms with van der Waals surface area (Å²) in [6.07, 6.45) is 4.00. The molecule has 0 aliphatic carbocycles. The maximum atomic E-state index is 11.2. The largest absolute Gasteiger partial charge is 0.285 e. The van der Waals surface area contributed by atoms with Gasteiger partial charge in [0.1, 0.15) is 0 Å². The van der Waals surface area contributed by atoms with Crippen LogP contribution in [0.2, 0.25) is 0 Å². The average Bonchev–Trinajstić information content (AvgIpc) is 2.35. The molecule has 0 aliphatic rings. The number of nitrogens with zero attached hydrogens (tertiary/aromatic N) is 1. The maximum absolute atomic E-state index is 11.2. The number of benzene rings is 1. The van der Waals surface area contributed by atoms with Crippen LogP contribution in [0.1, 0.15) is 5.56 Å². The van der Waals surface area contributed by atoms with Crippen molar-refractivity contribution in [2.75, 3.05) is 6.26 Å². The lowest BCUT2D eigenvalue weighted by Crippen LogP contribution is -2.04. The molecule has 0 unspecified atom stereocenters. The summed E-state index contributed by atoms with van der Waals surface area (Å²) < 4.78 is 0. The van der Waals surface area contributed by atoms with Crippen molar-refractivity contribution in [1.82, 2.24) is 0 Å². The average molecular weight is 251 g/mol. The molecule has 0 saturated carbocycles. The highest BCUT2D eigenvalue weighted by Crippen LogP contribution is 2.14. The normalized spacial score (nSPS) is 10.4. The summed E-state index contributed by atoms with van der Waals surface area (Å²) >= 11 is 0.828. The predicted molar refractivity (Wildman–Crippen MR) is 65.7 cm³/mol. The molecule has 0 heterocycles. The SMILES string of the molecule is CSC(=O)C(=O)/C=C/c1cccc([N+](=O)[O-])c1. The van der Waals surface area contributed by atoms with Gasteiger partial charge in [0, 0.05) is 12.1 Å². The van der Waals surface area contributed by atoms with Crippen molar-refractivity contribution in [3.8, 4) is 0 Å². The summed E-state index contributed by atoms with van der Waals surface area (Å²) in [5.41, 5.74) is 0.442. The van der Waals surface area contributed by atoms with Crippen LogP contribution in [0.15, 0.2) is 30.3 Å².